The van der Waals surface area contributed by atoms with Crippen LogP contribution in [0.15, 0.2) is 23.3 Å². The molecular weight excluding hydrogens is 256 g/mol. The van der Waals surface area contributed by atoms with Crippen LogP contribution in [0.2, 0.25) is 0 Å². The summed E-state index contributed by atoms with van der Waals surface area (Å²) in [6, 6.07) is 0. The molecule has 0 aromatic carbocycles. The number of hydrogen-bond donors (Lipinski definition) is 0. The summed E-state index contributed by atoms with van der Waals surface area (Å²) in [7, 11) is 1.46. The lowest BCUT2D eigenvalue weighted by molar-refractivity contribution is -0.207. The average molecular weight is 278 g/mol. The summed E-state index contributed by atoms with van der Waals surface area (Å²) < 4.78 is 16.9. The molecule has 2 unspecified atom stereocenters. The Labute approximate surface area is 119 Å². The Balaban J connectivity index is 2.09. The summed E-state index contributed by atoms with van der Waals surface area (Å²) >= 11 is 0. The summed E-state index contributed by atoms with van der Waals surface area (Å²) in [5, 5.41) is 0. The third-order valence-corrected chi connectivity index (χ3v) is 4.82. The van der Waals surface area contributed by atoms with E-state index >= 15 is 0 Å². The number of carbonyl (C=O) groups excluding carboxylic acids is 1. The summed E-state index contributed by atoms with van der Waals surface area (Å²) in [5.41, 5.74) is 1.80. The van der Waals surface area contributed by atoms with E-state index < -0.39 is 11.2 Å². The van der Waals surface area contributed by atoms with Gasteiger partial charge in [-0.1, -0.05) is 17.7 Å². The van der Waals surface area contributed by atoms with Crippen LogP contribution < -0.4 is 0 Å². The maximum atomic E-state index is 12.6. The zero-order chi connectivity index (χ0) is 14.4. The van der Waals surface area contributed by atoms with Gasteiger partial charge in [0.05, 0.1) is 25.7 Å². The van der Waals surface area contributed by atoms with Crippen LogP contribution in [0, 0.1) is 11.3 Å². The van der Waals surface area contributed by atoms with Crippen molar-refractivity contribution in [3.05, 3.63) is 23.3 Å². The molecule has 4 heteroatoms. The molecule has 2 aliphatic carbocycles. The van der Waals surface area contributed by atoms with Gasteiger partial charge in [0.2, 0.25) is 0 Å². The van der Waals surface area contributed by atoms with Gasteiger partial charge in [0, 0.05) is 18.8 Å². The van der Waals surface area contributed by atoms with Crippen molar-refractivity contribution < 1.29 is 19.0 Å². The number of esters is 1. The molecule has 2 fully saturated rings. The molecule has 0 N–H and O–H groups in total. The highest BCUT2D eigenvalue weighted by Gasteiger charge is 2.59. The van der Waals surface area contributed by atoms with Gasteiger partial charge < -0.3 is 14.2 Å². The van der Waals surface area contributed by atoms with E-state index in [1.54, 1.807) is 0 Å². The van der Waals surface area contributed by atoms with E-state index in [2.05, 4.69) is 19.1 Å². The van der Waals surface area contributed by atoms with Crippen LogP contribution in [-0.4, -0.2) is 32.1 Å². The van der Waals surface area contributed by atoms with E-state index in [-0.39, 0.29) is 11.9 Å². The van der Waals surface area contributed by atoms with Gasteiger partial charge in [-0.15, -0.1) is 0 Å². The Morgan fingerprint density at radius 2 is 2.15 bits per heavy atom. The highest BCUT2D eigenvalue weighted by atomic mass is 16.7. The Kier molecular flexibility index (Phi) is 3.26. The van der Waals surface area contributed by atoms with Crippen molar-refractivity contribution >= 4 is 5.97 Å². The second-order valence-corrected chi connectivity index (χ2v) is 6.10. The van der Waals surface area contributed by atoms with Crippen LogP contribution in [0.4, 0.5) is 0 Å². The number of rotatable bonds is 1. The third-order valence-electron chi connectivity index (χ3n) is 4.82. The molecule has 0 amide bonds. The van der Waals surface area contributed by atoms with Crippen LogP contribution in [0.25, 0.3) is 0 Å². The molecular formula is C16H22O4. The highest BCUT2D eigenvalue weighted by molar-refractivity contribution is 5.82. The quantitative estimate of drug-likeness (QED) is 0.546. The number of allylic oxidation sites excluding steroid dienone is 3. The van der Waals surface area contributed by atoms with Crippen molar-refractivity contribution in [2.45, 2.75) is 38.9 Å². The van der Waals surface area contributed by atoms with Crippen LogP contribution >= 0.6 is 0 Å². The fourth-order valence-electron chi connectivity index (χ4n) is 4.29. The van der Waals surface area contributed by atoms with Gasteiger partial charge in [-0.25, -0.2) is 0 Å². The van der Waals surface area contributed by atoms with Gasteiger partial charge in [-0.3, -0.25) is 4.79 Å². The molecule has 3 rings (SSSR count). The van der Waals surface area contributed by atoms with Gasteiger partial charge in [-0.05, 0) is 25.8 Å². The molecule has 1 heterocycles. The molecule has 0 radical (unpaired) electrons. The largest absolute Gasteiger partial charge is 0.468 e. The van der Waals surface area contributed by atoms with Crippen LogP contribution in [0.1, 0.15) is 33.1 Å². The van der Waals surface area contributed by atoms with Gasteiger partial charge >= 0.3 is 5.97 Å². The molecule has 1 saturated carbocycles. The molecule has 1 saturated heterocycles. The molecule has 110 valence electrons. The van der Waals surface area contributed by atoms with Crippen LogP contribution in [-0.2, 0) is 19.0 Å². The highest BCUT2D eigenvalue weighted by Crippen LogP contribution is 2.57. The average Bonchev–Trinajstić information content (AvgIpc) is 2.84. The maximum Gasteiger partial charge on any atom is 0.316 e. The lowest BCUT2D eigenvalue weighted by Crippen LogP contribution is -2.52. The molecule has 4 nitrogen and oxygen atoms in total. The van der Waals surface area contributed by atoms with E-state index in [0.29, 0.717) is 26.1 Å². The zero-order valence-electron chi connectivity index (χ0n) is 12.4. The standard InChI is InChI=1S/C16H22O4/c1-4-13-12-7-11(2)8-15(13,14(17)18-3)10-16(9-12)19-5-6-20-16/h4,7,12H,5-6,8-10H2,1-3H3/b13-4-. The topological polar surface area (TPSA) is 44.8 Å². The van der Waals surface area contributed by atoms with E-state index in [4.69, 9.17) is 14.2 Å². The summed E-state index contributed by atoms with van der Waals surface area (Å²) in [5.74, 6) is -0.566. The zero-order valence-corrected chi connectivity index (χ0v) is 12.4. The number of carbonyl (C=O) groups is 1. The van der Waals surface area contributed by atoms with Crippen LogP contribution in [0.3, 0.4) is 0 Å². The Bertz CT molecular complexity index is 485. The molecule has 2 atom stereocenters. The van der Waals surface area contributed by atoms with E-state index in [0.717, 1.165) is 6.42 Å². The minimum atomic E-state index is -0.615. The number of fused-ring (bicyclic) bond motifs is 2. The predicted octanol–water partition coefficient (Wildman–Crippen LogP) is 2.60. The van der Waals surface area contributed by atoms with Crippen molar-refractivity contribution in [3.63, 3.8) is 0 Å². The van der Waals surface area contributed by atoms with Gasteiger partial charge in [0.1, 0.15) is 0 Å². The predicted molar refractivity (Wildman–Crippen MR) is 73.9 cm³/mol. The first-order valence-electron chi connectivity index (χ1n) is 7.25. The summed E-state index contributed by atoms with van der Waals surface area (Å²) in [6.07, 6.45) is 6.38. The number of ether oxygens (including phenoxy) is 3. The second-order valence-electron chi connectivity index (χ2n) is 6.10. The Morgan fingerprint density at radius 1 is 1.45 bits per heavy atom. The number of hydrogen-bond acceptors (Lipinski definition) is 4. The fourth-order valence-corrected chi connectivity index (χ4v) is 4.29. The summed E-state index contributed by atoms with van der Waals surface area (Å²) in [4.78, 5) is 12.6. The normalized spacial score (nSPS) is 37.0. The molecule has 3 aliphatic rings. The molecule has 1 spiro atoms. The fraction of sp³-hybridized carbons (Fsp3) is 0.688. The van der Waals surface area contributed by atoms with Crippen molar-refractivity contribution in [1.29, 1.82) is 0 Å². The van der Waals surface area contributed by atoms with Crippen LogP contribution in [0.5, 0.6) is 0 Å². The van der Waals surface area contributed by atoms with E-state index in [1.807, 2.05) is 6.92 Å². The SMILES string of the molecule is C/C=C1/C2C=C(C)CC1(C(=O)OC)CC1(C2)OCCO1. The maximum absolute atomic E-state index is 12.6. The smallest absolute Gasteiger partial charge is 0.316 e. The molecule has 2 bridgehead atoms. The van der Waals surface area contributed by atoms with Crippen molar-refractivity contribution in [3.8, 4) is 0 Å². The minimum absolute atomic E-state index is 0.166. The van der Waals surface area contributed by atoms with Crippen molar-refractivity contribution in [2.75, 3.05) is 20.3 Å². The van der Waals surface area contributed by atoms with E-state index in [1.165, 1.54) is 18.3 Å². The summed E-state index contributed by atoms with van der Waals surface area (Å²) in [6.45, 7) is 5.31. The molecule has 1 aliphatic heterocycles. The first-order valence-corrected chi connectivity index (χ1v) is 7.25. The first kappa shape index (κ1) is 13.8. The monoisotopic (exact) mass is 278 g/mol. The Morgan fingerprint density at radius 3 is 2.75 bits per heavy atom. The van der Waals surface area contributed by atoms with Gasteiger partial charge in [-0.2, -0.15) is 0 Å². The molecule has 0 aromatic rings. The third kappa shape index (κ3) is 1.85. The Hall–Kier alpha value is -1.13. The van der Waals surface area contributed by atoms with Gasteiger partial charge in [0.25, 0.3) is 0 Å². The first-order chi connectivity index (χ1) is 9.55. The molecule has 0 aromatic heterocycles. The molecule has 20 heavy (non-hydrogen) atoms. The lowest BCUT2D eigenvalue weighted by Gasteiger charge is -2.50. The number of methoxy groups -OCH3 is 1. The minimum Gasteiger partial charge on any atom is -0.468 e. The second kappa shape index (κ2) is 4.71. The lowest BCUT2D eigenvalue weighted by atomic mass is 9.57. The van der Waals surface area contributed by atoms with Gasteiger partial charge in [0.15, 0.2) is 5.79 Å². The van der Waals surface area contributed by atoms with E-state index in [9.17, 15) is 4.79 Å². The van der Waals surface area contributed by atoms with Crippen molar-refractivity contribution in [2.24, 2.45) is 11.3 Å². The van der Waals surface area contributed by atoms with Crippen molar-refractivity contribution in [1.82, 2.24) is 0 Å².